The molecule has 0 aromatic heterocycles. The predicted octanol–water partition coefficient (Wildman–Crippen LogP) is 7.33. The maximum absolute atomic E-state index is 13.7. The van der Waals surface area contributed by atoms with E-state index >= 15 is 0 Å². The van der Waals surface area contributed by atoms with Crippen LogP contribution >= 0.6 is 0 Å². The summed E-state index contributed by atoms with van der Waals surface area (Å²) in [6.07, 6.45) is -0.0816. The SMILES string of the molecule is CC.CC.COCCC(C)C#CC(O)c1ccccc1Cc1c(C(C)=O)c(C)cc2c1C(=O)c1ccccc1C2=O. The van der Waals surface area contributed by atoms with E-state index < -0.39 is 6.10 Å². The van der Waals surface area contributed by atoms with Gasteiger partial charge in [0.1, 0.15) is 6.10 Å². The highest BCUT2D eigenvalue weighted by Gasteiger charge is 2.34. The van der Waals surface area contributed by atoms with E-state index in [9.17, 15) is 19.5 Å². The van der Waals surface area contributed by atoms with Crippen molar-refractivity contribution in [1.82, 2.24) is 0 Å². The number of hydrogen-bond acceptors (Lipinski definition) is 5. The highest BCUT2D eigenvalue weighted by Crippen LogP contribution is 2.35. The largest absolute Gasteiger partial charge is 0.385 e. The first-order valence-electron chi connectivity index (χ1n) is 14.4. The summed E-state index contributed by atoms with van der Waals surface area (Å²) < 4.78 is 5.10. The Kier molecular flexibility index (Phi) is 12.9. The van der Waals surface area contributed by atoms with Crippen LogP contribution in [0.1, 0.15) is 119 Å². The molecule has 1 N–H and O–H groups in total. The van der Waals surface area contributed by atoms with Crippen molar-refractivity contribution in [1.29, 1.82) is 0 Å². The number of rotatable bonds is 7. The molecular formula is C36H42O5. The average molecular weight is 555 g/mol. The second-order valence-corrected chi connectivity index (χ2v) is 9.48. The van der Waals surface area contributed by atoms with Crippen LogP contribution in [0.5, 0.6) is 0 Å². The minimum Gasteiger partial charge on any atom is -0.385 e. The number of ether oxygens (including phenoxy) is 1. The molecule has 2 atom stereocenters. The van der Waals surface area contributed by atoms with Gasteiger partial charge in [-0.05, 0) is 55.0 Å². The first-order chi connectivity index (χ1) is 19.7. The van der Waals surface area contributed by atoms with E-state index in [1.165, 1.54) is 6.92 Å². The van der Waals surface area contributed by atoms with E-state index in [1.54, 1.807) is 50.4 Å². The van der Waals surface area contributed by atoms with Crippen molar-refractivity contribution in [2.24, 2.45) is 5.92 Å². The van der Waals surface area contributed by atoms with Gasteiger partial charge in [-0.3, -0.25) is 14.4 Å². The van der Waals surface area contributed by atoms with Crippen molar-refractivity contribution in [3.63, 3.8) is 0 Å². The van der Waals surface area contributed by atoms with Crippen LogP contribution in [-0.2, 0) is 11.2 Å². The van der Waals surface area contributed by atoms with Crippen LogP contribution in [0.25, 0.3) is 0 Å². The highest BCUT2D eigenvalue weighted by atomic mass is 16.5. The number of aliphatic hydroxyl groups is 1. The van der Waals surface area contributed by atoms with Crippen molar-refractivity contribution in [3.05, 3.63) is 105 Å². The van der Waals surface area contributed by atoms with Crippen LogP contribution in [0.2, 0.25) is 0 Å². The number of Topliss-reactive ketones (excluding diaryl/α,β-unsaturated/α-hetero) is 1. The standard InChI is InChI=1S/C32H30O5.2C2H6/c1-19(15-16-37-4)13-14-28(34)23-10-6-5-9-22(23)18-26-29(21(3)33)20(2)17-27-30(26)32(36)25-12-8-7-11-24(25)31(27)35;2*1-2/h5-12,17,19,28,34H,15-16,18H2,1-4H3;2*1-2H3. The zero-order chi connectivity index (χ0) is 30.7. The molecule has 41 heavy (non-hydrogen) atoms. The Labute approximate surface area is 245 Å². The third-order valence-electron chi connectivity index (χ3n) is 6.81. The molecule has 5 heteroatoms. The Morgan fingerprint density at radius 3 is 2.10 bits per heavy atom. The van der Waals surface area contributed by atoms with Gasteiger partial charge < -0.3 is 9.84 Å². The highest BCUT2D eigenvalue weighted by molar-refractivity contribution is 6.29. The van der Waals surface area contributed by atoms with Crippen molar-refractivity contribution in [2.45, 2.75) is 67.4 Å². The van der Waals surface area contributed by atoms with Gasteiger partial charge in [-0.25, -0.2) is 0 Å². The molecule has 0 bridgehead atoms. The van der Waals surface area contributed by atoms with Crippen molar-refractivity contribution >= 4 is 17.3 Å². The molecule has 2 unspecified atom stereocenters. The molecule has 0 fully saturated rings. The van der Waals surface area contributed by atoms with Gasteiger partial charge in [-0.15, -0.1) is 0 Å². The summed E-state index contributed by atoms with van der Waals surface area (Å²) in [6.45, 7) is 13.8. The lowest BCUT2D eigenvalue weighted by Gasteiger charge is -2.24. The number of aryl methyl sites for hydroxylation is 1. The molecule has 1 aliphatic rings. The summed E-state index contributed by atoms with van der Waals surface area (Å²) in [6, 6.07) is 15.7. The van der Waals surface area contributed by atoms with Gasteiger partial charge in [0.05, 0.1) is 0 Å². The second-order valence-electron chi connectivity index (χ2n) is 9.48. The fourth-order valence-corrected chi connectivity index (χ4v) is 4.97. The van der Waals surface area contributed by atoms with Crippen LogP contribution < -0.4 is 0 Å². The molecule has 0 saturated heterocycles. The van der Waals surface area contributed by atoms with Crippen LogP contribution in [0.4, 0.5) is 0 Å². The third kappa shape index (κ3) is 7.47. The van der Waals surface area contributed by atoms with Crippen molar-refractivity contribution < 1.29 is 24.2 Å². The lowest BCUT2D eigenvalue weighted by atomic mass is 9.77. The lowest BCUT2D eigenvalue weighted by Crippen LogP contribution is -2.25. The maximum Gasteiger partial charge on any atom is 0.194 e. The molecular weight excluding hydrogens is 512 g/mol. The summed E-state index contributed by atoms with van der Waals surface area (Å²) in [5, 5.41) is 11.0. The van der Waals surface area contributed by atoms with Crippen molar-refractivity contribution in [3.8, 4) is 11.8 Å². The molecule has 216 valence electrons. The van der Waals surface area contributed by atoms with E-state index in [2.05, 4.69) is 11.8 Å². The first kappa shape index (κ1) is 33.4. The van der Waals surface area contributed by atoms with E-state index in [0.717, 1.165) is 12.0 Å². The number of fused-ring (bicyclic) bond motifs is 2. The van der Waals surface area contributed by atoms with Crippen LogP contribution in [0.3, 0.4) is 0 Å². The van der Waals surface area contributed by atoms with Crippen molar-refractivity contribution in [2.75, 3.05) is 13.7 Å². The van der Waals surface area contributed by atoms with Gasteiger partial charge in [0, 0.05) is 47.5 Å². The molecule has 0 amide bonds. The number of benzene rings is 3. The fraction of sp³-hybridized carbons (Fsp3) is 0.361. The topological polar surface area (TPSA) is 80.7 Å². The molecule has 0 heterocycles. The number of ketones is 3. The fourth-order valence-electron chi connectivity index (χ4n) is 4.97. The van der Waals surface area contributed by atoms with E-state index in [4.69, 9.17) is 4.74 Å². The van der Waals surface area contributed by atoms with Crippen LogP contribution in [0.15, 0.2) is 54.6 Å². The Balaban J connectivity index is 0.00000141. The Morgan fingerprint density at radius 2 is 1.49 bits per heavy atom. The lowest BCUT2D eigenvalue weighted by molar-refractivity contribution is 0.0976. The summed E-state index contributed by atoms with van der Waals surface area (Å²) in [5.74, 6) is 5.40. The van der Waals surface area contributed by atoms with Gasteiger partial charge in [0.15, 0.2) is 17.3 Å². The van der Waals surface area contributed by atoms with Gasteiger partial charge in [0.25, 0.3) is 0 Å². The molecule has 3 aromatic carbocycles. The van der Waals surface area contributed by atoms with Gasteiger partial charge in [0.2, 0.25) is 0 Å². The molecule has 1 aliphatic carbocycles. The molecule has 5 nitrogen and oxygen atoms in total. The average Bonchev–Trinajstić information content (AvgIpc) is 2.99. The maximum atomic E-state index is 13.7. The minimum atomic E-state index is -1.04. The molecule has 0 aliphatic heterocycles. The Morgan fingerprint density at radius 1 is 0.902 bits per heavy atom. The number of hydrogen-bond donors (Lipinski definition) is 1. The van der Waals surface area contributed by atoms with Gasteiger partial charge in [-0.2, -0.15) is 0 Å². The van der Waals surface area contributed by atoms with Gasteiger partial charge in [-0.1, -0.05) is 95.0 Å². The normalized spacial score (nSPS) is 12.7. The van der Waals surface area contributed by atoms with E-state index in [1.807, 2.05) is 52.8 Å². The first-order valence-corrected chi connectivity index (χ1v) is 14.4. The molecule has 0 radical (unpaired) electrons. The zero-order valence-electron chi connectivity index (χ0n) is 25.6. The zero-order valence-corrected chi connectivity index (χ0v) is 25.6. The minimum absolute atomic E-state index is 0.0542. The molecule has 4 rings (SSSR count). The Bertz CT molecular complexity index is 1450. The Hall–Kier alpha value is -3.85. The quantitative estimate of drug-likeness (QED) is 0.191. The number of carbonyl (C=O) groups excluding carboxylic acids is 3. The van der Waals surface area contributed by atoms with E-state index in [-0.39, 0.29) is 35.3 Å². The second kappa shape index (κ2) is 15.8. The summed E-state index contributed by atoms with van der Waals surface area (Å²) in [4.78, 5) is 39.9. The smallest absolute Gasteiger partial charge is 0.194 e. The van der Waals surface area contributed by atoms with Crippen LogP contribution in [0, 0.1) is 24.7 Å². The predicted molar refractivity (Wildman–Crippen MR) is 165 cm³/mol. The number of carbonyl (C=O) groups is 3. The van der Waals surface area contributed by atoms with Crippen LogP contribution in [-0.4, -0.2) is 36.2 Å². The summed E-state index contributed by atoms with van der Waals surface area (Å²) >= 11 is 0. The van der Waals surface area contributed by atoms with Gasteiger partial charge >= 0.3 is 0 Å². The molecule has 0 saturated carbocycles. The summed E-state index contributed by atoms with van der Waals surface area (Å²) in [5.41, 5.74) is 4.22. The molecule has 3 aromatic rings. The monoisotopic (exact) mass is 554 g/mol. The molecule has 0 spiro atoms. The third-order valence-corrected chi connectivity index (χ3v) is 6.81. The number of aliphatic hydroxyl groups excluding tert-OH is 1. The summed E-state index contributed by atoms with van der Waals surface area (Å²) in [7, 11) is 1.64. The number of methoxy groups -OCH3 is 1. The van der Waals surface area contributed by atoms with E-state index in [0.29, 0.717) is 45.6 Å².